The number of aromatic hydroxyl groups is 1. The van der Waals surface area contributed by atoms with Crippen LogP contribution in [0.3, 0.4) is 0 Å². The number of rotatable bonds is 4. The minimum Gasteiger partial charge on any atom is -0.507 e. The molecular formula is C22H17FO5. The van der Waals surface area contributed by atoms with Gasteiger partial charge in [-0.2, -0.15) is 0 Å². The first-order chi connectivity index (χ1) is 13.4. The Morgan fingerprint density at radius 2 is 1.82 bits per heavy atom. The maximum Gasteiger partial charge on any atom is 0.343 e. The van der Waals surface area contributed by atoms with Crippen molar-refractivity contribution in [3.63, 3.8) is 0 Å². The van der Waals surface area contributed by atoms with E-state index in [0.29, 0.717) is 28.2 Å². The van der Waals surface area contributed by atoms with Gasteiger partial charge in [0, 0.05) is 22.6 Å². The number of halogens is 1. The molecule has 28 heavy (non-hydrogen) atoms. The number of hydrogen-bond acceptors (Lipinski definition) is 5. The second-order valence-corrected chi connectivity index (χ2v) is 6.51. The number of furan rings is 1. The fraction of sp³-hybridized carbons (Fsp3) is 0.136. The molecule has 0 aliphatic heterocycles. The number of hydrogen-bond donors (Lipinski definition) is 1. The summed E-state index contributed by atoms with van der Waals surface area (Å²) in [6.07, 6.45) is 0. The molecule has 4 rings (SSSR count). The molecule has 0 fully saturated rings. The van der Waals surface area contributed by atoms with E-state index < -0.39 is 5.63 Å². The van der Waals surface area contributed by atoms with Crippen molar-refractivity contribution < 1.29 is 23.1 Å². The zero-order chi connectivity index (χ0) is 19.8. The van der Waals surface area contributed by atoms with Gasteiger partial charge in [-0.15, -0.1) is 0 Å². The van der Waals surface area contributed by atoms with Gasteiger partial charge in [-0.1, -0.05) is 18.2 Å². The van der Waals surface area contributed by atoms with Crippen LogP contribution in [0.15, 0.2) is 62.2 Å². The normalized spacial score (nSPS) is 11.1. The van der Waals surface area contributed by atoms with E-state index in [9.17, 15) is 14.3 Å². The molecule has 6 heteroatoms. The molecule has 0 saturated heterocycles. The Bertz CT molecular complexity index is 1240. The van der Waals surface area contributed by atoms with Gasteiger partial charge in [0.25, 0.3) is 0 Å². The van der Waals surface area contributed by atoms with Crippen LogP contribution in [0, 0.1) is 19.7 Å². The largest absolute Gasteiger partial charge is 0.507 e. The van der Waals surface area contributed by atoms with Crippen molar-refractivity contribution in [1.29, 1.82) is 0 Å². The Morgan fingerprint density at radius 1 is 1.04 bits per heavy atom. The summed E-state index contributed by atoms with van der Waals surface area (Å²) < 4.78 is 30.5. The van der Waals surface area contributed by atoms with Gasteiger partial charge in [0.2, 0.25) is 0 Å². The zero-order valence-corrected chi connectivity index (χ0v) is 15.3. The van der Waals surface area contributed by atoms with Crippen molar-refractivity contribution in [3.8, 4) is 23.0 Å². The third-order valence-electron chi connectivity index (χ3n) is 4.62. The van der Waals surface area contributed by atoms with Gasteiger partial charge in [-0.25, -0.2) is 9.18 Å². The highest BCUT2D eigenvalue weighted by atomic mass is 19.1. The predicted molar refractivity (Wildman–Crippen MR) is 102 cm³/mol. The summed E-state index contributed by atoms with van der Waals surface area (Å²) in [6.45, 7) is 3.23. The van der Waals surface area contributed by atoms with Crippen LogP contribution in [0.2, 0.25) is 0 Å². The Labute approximate surface area is 159 Å². The summed E-state index contributed by atoms with van der Waals surface area (Å²) in [5.74, 6) is 0.583. The van der Waals surface area contributed by atoms with E-state index in [0.717, 1.165) is 5.39 Å². The first-order valence-corrected chi connectivity index (χ1v) is 8.67. The molecule has 0 atom stereocenters. The summed E-state index contributed by atoms with van der Waals surface area (Å²) in [4.78, 5) is 11.9. The summed E-state index contributed by atoms with van der Waals surface area (Å²) in [6, 6.07) is 13.4. The summed E-state index contributed by atoms with van der Waals surface area (Å²) in [5, 5.41) is 10.9. The maximum absolute atomic E-state index is 13.7. The maximum atomic E-state index is 13.7. The van der Waals surface area contributed by atoms with E-state index in [2.05, 4.69) is 0 Å². The Kier molecular flexibility index (Phi) is 4.39. The highest BCUT2D eigenvalue weighted by Crippen LogP contribution is 2.34. The molecule has 1 N–H and O–H groups in total. The molecule has 5 nitrogen and oxygen atoms in total. The van der Waals surface area contributed by atoms with Gasteiger partial charge < -0.3 is 18.7 Å². The van der Waals surface area contributed by atoms with E-state index in [1.807, 2.05) is 0 Å². The molecule has 0 spiro atoms. The Balaban J connectivity index is 1.66. The molecule has 0 saturated carbocycles. The molecule has 0 bridgehead atoms. The van der Waals surface area contributed by atoms with Crippen LogP contribution in [-0.2, 0) is 6.61 Å². The van der Waals surface area contributed by atoms with Crippen molar-refractivity contribution in [2.75, 3.05) is 0 Å². The number of benzene rings is 2. The van der Waals surface area contributed by atoms with Gasteiger partial charge in [0.1, 0.15) is 29.5 Å². The van der Waals surface area contributed by atoms with E-state index in [1.54, 1.807) is 49.4 Å². The predicted octanol–water partition coefficient (Wildman–Crippen LogP) is 5.09. The molecule has 142 valence electrons. The number of ether oxygens (including phenoxy) is 1. The highest BCUT2D eigenvalue weighted by Gasteiger charge is 2.18. The lowest BCUT2D eigenvalue weighted by atomic mass is 10.1. The van der Waals surface area contributed by atoms with Crippen LogP contribution < -0.4 is 10.4 Å². The van der Waals surface area contributed by atoms with Crippen LogP contribution in [0.5, 0.6) is 11.5 Å². The van der Waals surface area contributed by atoms with Gasteiger partial charge >= 0.3 is 5.63 Å². The Morgan fingerprint density at radius 3 is 2.61 bits per heavy atom. The lowest BCUT2D eigenvalue weighted by Crippen LogP contribution is -2.05. The zero-order valence-electron chi connectivity index (χ0n) is 15.3. The van der Waals surface area contributed by atoms with E-state index in [1.165, 1.54) is 13.0 Å². The molecule has 2 heterocycles. The third-order valence-corrected chi connectivity index (χ3v) is 4.62. The molecule has 0 aliphatic carbocycles. The molecule has 0 radical (unpaired) electrons. The quantitative estimate of drug-likeness (QED) is 0.534. The minimum atomic E-state index is -0.618. The molecule has 0 amide bonds. The van der Waals surface area contributed by atoms with Crippen LogP contribution >= 0.6 is 0 Å². The Hall–Kier alpha value is -3.54. The summed E-state index contributed by atoms with van der Waals surface area (Å²) in [7, 11) is 0. The van der Waals surface area contributed by atoms with Crippen LogP contribution in [0.25, 0.3) is 22.5 Å². The molecular weight excluding hydrogens is 363 g/mol. The molecule has 0 unspecified atom stereocenters. The van der Waals surface area contributed by atoms with Crippen molar-refractivity contribution >= 4 is 11.0 Å². The van der Waals surface area contributed by atoms with Crippen LogP contribution in [0.1, 0.15) is 16.7 Å². The third kappa shape index (κ3) is 3.13. The molecule has 2 aromatic heterocycles. The standard InChI is InChI=1S/C22H17FO5/c1-12-20(24)13(2)22(25)28-21(12)19-9-14-7-8-16(10-18(14)27-19)26-11-15-5-3-4-6-17(15)23/h3-10,24H,11H2,1-2H3. The van der Waals surface area contributed by atoms with Crippen LogP contribution in [-0.4, -0.2) is 5.11 Å². The molecule has 0 aliphatic rings. The van der Waals surface area contributed by atoms with Gasteiger partial charge in [0.05, 0.1) is 5.56 Å². The van der Waals surface area contributed by atoms with Crippen LogP contribution in [0.4, 0.5) is 4.39 Å². The minimum absolute atomic E-state index is 0.0889. The molecule has 2 aromatic carbocycles. The van der Waals surface area contributed by atoms with Gasteiger partial charge in [-0.3, -0.25) is 0 Å². The lowest BCUT2D eigenvalue weighted by Gasteiger charge is -2.07. The fourth-order valence-electron chi connectivity index (χ4n) is 2.96. The van der Waals surface area contributed by atoms with E-state index >= 15 is 0 Å². The second-order valence-electron chi connectivity index (χ2n) is 6.51. The highest BCUT2D eigenvalue weighted by molar-refractivity contribution is 5.83. The summed E-state index contributed by atoms with van der Waals surface area (Å²) >= 11 is 0. The van der Waals surface area contributed by atoms with E-state index in [4.69, 9.17) is 13.6 Å². The van der Waals surface area contributed by atoms with Gasteiger partial charge in [0.15, 0.2) is 11.5 Å². The second kappa shape index (κ2) is 6.88. The van der Waals surface area contributed by atoms with E-state index in [-0.39, 0.29) is 29.5 Å². The lowest BCUT2D eigenvalue weighted by molar-refractivity contribution is 0.300. The first-order valence-electron chi connectivity index (χ1n) is 8.67. The molecule has 4 aromatic rings. The smallest absolute Gasteiger partial charge is 0.343 e. The van der Waals surface area contributed by atoms with Crippen molar-refractivity contribution in [2.24, 2.45) is 0 Å². The average Bonchev–Trinajstić information content (AvgIpc) is 3.11. The first kappa shape index (κ1) is 17.9. The van der Waals surface area contributed by atoms with Crippen molar-refractivity contribution in [2.45, 2.75) is 20.5 Å². The average molecular weight is 380 g/mol. The SMILES string of the molecule is Cc1c(-c2cc3ccc(OCc4ccccc4F)cc3o2)oc(=O)c(C)c1O. The monoisotopic (exact) mass is 380 g/mol. The van der Waals surface area contributed by atoms with Gasteiger partial charge in [-0.05, 0) is 38.1 Å². The summed E-state index contributed by atoms with van der Waals surface area (Å²) in [5.41, 5.74) is 0.930. The van der Waals surface area contributed by atoms with Crippen molar-refractivity contribution in [1.82, 2.24) is 0 Å². The van der Waals surface area contributed by atoms with Crippen molar-refractivity contribution in [3.05, 3.63) is 81.5 Å². The topological polar surface area (TPSA) is 72.8 Å². The number of fused-ring (bicyclic) bond motifs is 1. The fourth-order valence-corrected chi connectivity index (χ4v) is 2.96.